The number of nitrogens with one attached hydrogen (secondary N) is 1. The van der Waals surface area contributed by atoms with E-state index < -0.39 is 29.5 Å². The first-order chi connectivity index (χ1) is 12.2. The SMILES string of the molecule is Cc1cc(C(F)(C(F)(F)F)C(F)(F)F)cc(C)c1NC(=O)c1csc(N)n1. The molecule has 1 heterocycles. The molecule has 0 spiro atoms. The summed E-state index contributed by atoms with van der Waals surface area (Å²) >= 11 is 0.969. The first-order valence-electron chi connectivity index (χ1n) is 7.15. The molecule has 0 aliphatic rings. The smallest absolute Gasteiger partial charge is 0.375 e. The van der Waals surface area contributed by atoms with Gasteiger partial charge in [-0.3, -0.25) is 4.79 Å². The largest absolute Gasteiger partial charge is 0.435 e. The maximum atomic E-state index is 14.2. The number of hydrogen-bond acceptors (Lipinski definition) is 4. The number of alkyl halides is 7. The second-order valence-corrected chi connectivity index (χ2v) is 6.55. The number of nitrogens with two attached hydrogens (primary N) is 1. The van der Waals surface area contributed by atoms with Crippen LogP contribution in [0.1, 0.15) is 27.2 Å². The summed E-state index contributed by atoms with van der Waals surface area (Å²) in [6, 6.07) is 0.804. The molecule has 2 rings (SSSR count). The quantitative estimate of drug-likeness (QED) is 0.702. The molecule has 27 heavy (non-hydrogen) atoms. The Morgan fingerprint density at radius 1 is 1.04 bits per heavy atom. The average molecular weight is 415 g/mol. The van der Waals surface area contributed by atoms with Crippen molar-refractivity contribution in [1.29, 1.82) is 0 Å². The molecule has 0 unspecified atom stereocenters. The van der Waals surface area contributed by atoms with Gasteiger partial charge in [0.15, 0.2) is 5.13 Å². The molecule has 0 saturated heterocycles. The molecule has 148 valence electrons. The van der Waals surface area contributed by atoms with E-state index in [1.165, 1.54) is 5.38 Å². The summed E-state index contributed by atoms with van der Waals surface area (Å²) in [7, 11) is 0. The molecule has 12 heteroatoms. The van der Waals surface area contributed by atoms with Crippen LogP contribution in [-0.4, -0.2) is 23.2 Å². The minimum Gasteiger partial charge on any atom is -0.375 e. The van der Waals surface area contributed by atoms with E-state index in [2.05, 4.69) is 10.3 Å². The highest BCUT2D eigenvalue weighted by molar-refractivity contribution is 7.13. The molecular weight excluding hydrogens is 403 g/mol. The standard InChI is InChI=1S/C15H12F7N3OS/c1-6-3-8(13(16,14(17,18)19)15(20,21)22)4-7(2)10(6)25-11(26)9-5-27-12(23)24-9/h3-5H,1-2H3,(H2,23,24)(H,25,26). The van der Waals surface area contributed by atoms with Gasteiger partial charge in [-0.15, -0.1) is 11.3 Å². The normalized spacial score (nSPS) is 12.9. The number of halogens is 7. The number of amides is 1. The van der Waals surface area contributed by atoms with Crippen LogP contribution in [0.4, 0.5) is 41.6 Å². The molecule has 1 aromatic carbocycles. The lowest BCUT2D eigenvalue weighted by Gasteiger charge is -2.31. The zero-order chi connectivity index (χ0) is 20.8. The predicted octanol–water partition coefficient (Wildman–Crippen LogP) is 4.88. The highest BCUT2D eigenvalue weighted by Crippen LogP contribution is 2.53. The van der Waals surface area contributed by atoms with Crippen LogP contribution >= 0.6 is 11.3 Å². The van der Waals surface area contributed by atoms with Gasteiger partial charge in [0.05, 0.1) is 0 Å². The van der Waals surface area contributed by atoms with Gasteiger partial charge in [-0.2, -0.15) is 26.3 Å². The Bertz CT molecular complexity index is 836. The molecule has 0 bridgehead atoms. The lowest BCUT2D eigenvalue weighted by Crippen LogP contribution is -2.50. The highest BCUT2D eigenvalue weighted by atomic mass is 32.1. The van der Waals surface area contributed by atoms with Gasteiger partial charge in [0.1, 0.15) is 5.69 Å². The van der Waals surface area contributed by atoms with Crippen molar-refractivity contribution in [2.75, 3.05) is 11.1 Å². The number of thiazole rings is 1. The maximum absolute atomic E-state index is 14.2. The van der Waals surface area contributed by atoms with Crippen LogP contribution in [0.15, 0.2) is 17.5 Å². The van der Waals surface area contributed by atoms with Gasteiger partial charge in [0.2, 0.25) is 0 Å². The summed E-state index contributed by atoms with van der Waals surface area (Å²) in [5.74, 6) is -0.764. The molecule has 0 aliphatic carbocycles. The van der Waals surface area contributed by atoms with Crippen LogP contribution in [0.3, 0.4) is 0 Å². The van der Waals surface area contributed by atoms with Crippen LogP contribution < -0.4 is 11.1 Å². The van der Waals surface area contributed by atoms with Gasteiger partial charge in [-0.05, 0) is 25.0 Å². The molecular formula is C15H12F7N3OS. The van der Waals surface area contributed by atoms with Gasteiger partial charge in [-0.1, -0.05) is 12.1 Å². The minimum atomic E-state index is -6.22. The molecule has 4 nitrogen and oxygen atoms in total. The molecule has 0 saturated carbocycles. The van der Waals surface area contributed by atoms with Crippen molar-refractivity contribution in [3.8, 4) is 0 Å². The lowest BCUT2D eigenvalue weighted by molar-refractivity contribution is -0.348. The number of carbonyl (C=O) groups is 1. The average Bonchev–Trinajstić information content (AvgIpc) is 2.94. The van der Waals surface area contributed by atoms with Crippen molar-refractivity contribution >= 4 is 28.1 Å². The Morgan fingerprint density at radius 2 is 1.52 bits per heavy atom. The molecule has 1 aromatic heterocycles. The van der Waals surface area contributed by atoms with E-state index in [-0.39, 0.29) is 27.6 Å². The summed E-state index contributed by atoms with van der Waals surface area (Å²) < 4.78 is 91.6. The van der Waals surface area contributed by atoms with E-state index in [0.717, 1.165) is 25.2 Å². The van der Waals surface area contributed by atoms with Crippen molar-refractivity contribution in [3.63, 3.8) is 0 Å². The van der Waals surface area contributed by atoms with E-state index in [0.29, 0.717) is 12.1 Å². The first-order valence-corrected chi connectivity index (χ1v) is 8.03. The van der Waals surface area contributed by atoms with E-state index >= 15 is 0 Å². The topological polar surface area (TPSA) is 68.0 Å². The molecule has 0 fully saturated rings. The summed E-state index contributed by atoms with van der Waals surface area (Å²) in [6.07, 6.45) is -12.4. The second kappa shape index (κ2) is 6.66. The molecule has 3 N–H and O–H groups in total. The molecule has 2 aromatic rings. The van der Waals surface area contributed by atoms with Crippen molar-refractivity contribution in [3.05, 3.63) is 39.9 Å². The summed E-state index contributed by atoms with van der Waals surface area (Å²) in [6.45, 7) is 2.30. The number of rotatable bonds is 3. The van der Waals surface area contributed by atoms with Crippen molar-refractivity contribution in [2.24, 2.45) is 0 Å². The number of anilines is 2. The number of hydrogen-bond donors (Lipinski definition) is 2. The third-order valence-corrected chi connectivity index (χ3v) is 4.38. The van der Waals surface area contributed by atoms with E-state index in [4.69, 9.17) is 5.73 Å². The Balaban J connectivity index is 2.49. The van der Waals surface area contributed by atoms with Crippen LogP contribution in [-0.2, 0) is 5.67 Å². The maximum Gasteiger partial charge on any atom is 0.435 e. The first kappa shape index (κ1) is 20.9. The number of nitrogen functional groups attached to an aromatic ring is 1. The van der Waals surface area contributed by atoms with Crippen molar-refractivity contribution in [2.45, 2.75) is 31.9 Å². The van der Waals surface area contributed by atoms with Gasteiger partial charge in [-0.25, -0.2) is 9.37 Å². The fourth-order valence-electron chi connectivity index (χ4n) is 2.42. The second-order valence-electron chi connectivity index (χ2n) is 5.66. The van der Waals surface area contributed by atoms with Gasteiger partial charge < -0.3 is 11.1 Å². The van der Waals surface area contributed by atoms with Gasteiger partial charge in [0.25, 0.3) is 5.91 Å². The highest BCUT2D eigenvalue weighted by Gasteiger charge is 2.73. The van der Waals surface area contributed by atoms with Gasteiger partial charge >= 0.3 is 18.0 Å². The lowest BCUT2D eigenvalue weighted by atomic mass is 9.90. The number of benzene rings is 1. The van der Waals surface area contributed by atoms with Crippen LogP contribution in [0.25, 0.3) is 0 Å². The molecule has 0 atom stereocenters. The Morgan fingerprint density at radius 3 is 1.89 bits per heavy atom. The zero-order valence-corrected chi connectivity index (χ0v) is 14.5. The fraction of sp³-hybridized carbons (Fsp3) is 0.333. The zero-order valence-electron chi connectivity index (χ0n) is 13.7. The minimum absolute atomic E-state index is 0.0537. The van der Waals surface area contributed by atoms with E-state index in [1.54, 1.807) is 0 Å². The van der Waals surface area contributed by atoms with Crippen LogP contribution in [0, 0.1) is 13.8 Å². The number of carbonyl (C=O) groups excluding carboxylic acids is 1. The number of aromatic nitrogens is 1. The molecule has 1 amide bonds. The number of aryl methyl sites for hydroxylation is 2. The van der Waals surface area contributed by atoms with E-state index in [9.17, 15) is 35.5 Å². The third-order valence-electron chi connectivity index (χ3n) is 3.70. The Labute approximate surface area is 152 Å². The summed E-state index contributed by atoms with van der Waals surface area (Å²) in [4.78, 5) is 15.8. The summed E-state index contributed by atoms with van der Waals surface area (Å²) in [5.41, 5.74) is -2.26. The van der Waals surface area contributed by atoms with E-state index in [1.807, 2.05) is 0 Å². The summed E-state index contributed by atoms with van der Waals surface area (Å²) in [5, 5.41) is 3.75. The third kappa shape index (κ3) is 3.70. The van der Waals surface area contributed by atoms with Crippen molar-refractivity contribution < 1.29 is 35.5 Å². The predicted molar refractivity (Wildman–Crippen MR) is 85.3 cm³/mol. The van der Waals surface area contributed by atoms with Crippen LogP contribution in [0.2, 0.25) is 0 Å². The van der Waals surface area contributed by atoms with Gasteiger partial charge in [0, 0.05) is 16.6 Å². The monoisotopic (exact) mass is 415 g/mol. The van der Waals surface area contributed by atoms with Crippen molar-refractivity contribution in [1.82, 2.24) is 4.98 Å². The fourth-order valence-corrected chi connectivity index (χ4v) is 2.96. The Kier molecular flexibility index (Phi) is 5.16. The molecule has 0 aliphatic heterocycles. The van der Waals surface area contributed by atoms with Crippen LogP contribution in [0.5, 0.6) is 0 Å². The number of nitrogens with zero attached hydrogens (tertiary/aromatic N) is 1. The molecule has 0 radical (unpaired) electrons. The Hall–Kier alpha value is -2.37.